The first kappa shape index (κ1) is 15.2. The second-order valence-corrected chi connectivity index (χ2v) is 5.29. The highest BCUT2D eigenvalue weighted by atomic mass is 19.1. The minimum absolute atomic E-state index is 0.240. The molecule has 0 aliphatic rings. The summed E-state index contributed by atoms with van der Waals surface area (Å²) in [6.45, 7) is 1.03. The van der Waals surface area contributed by atoms with Gasteiger partial charge in [0, 0.05) is 5.56 Å². The summed E-state index contributed by atoms with van der Waals surface area (Å²) in [5, 5.41) is 17.7. The molecule has 0 saturated carbocycles. The maximum atomic E-state index is 14.4. The first-order valence-corrected chi connectivity index (χ1v) is 7.08. The molecule has 0 atom stereocenters. The Labute approximate surface area is 133 Å². The molecule has 3 aromatic rings. The lowest BCUT2D eigenvalue weighted by Crippen LogP contribution is -2.26. The molecule has 0 radical (unpaired) electrons. The molecule has 0 saturated heterocycles. The SMILES string of the molecule is COc1ccc(B(C)O)cc1-c1cc(F)c2c(N)cnnc2c1. The molecular formula is C16H15BFN3O2. The van der Waals surface area contributed by atoms with Gasteiger partial charge in [-0.25, -0.2) is 4.39 Å². The number of nitrogens with zero attached hydrogens (tertiary/aromatic N) is 2. The Morgan fingerprint density at radius 2 is 2.04 bits per heavy atom. The molecule has 23 heavy (non-hydrogen) atoms. The summed E-state index contributed by atoms with van der Waals surface area (Å²) in [6.07, 6.45) is 1.32. The molecule has 5 nitrogen and oxygen atoms in total. The fourth-order valence-electron chi connectivity index (χ4n) is 2.54. The van der Waals surface area contributed by atoms with Crippen molar-refractivity contribution in [3.05, 3.63) is 42.3 Å². The van der Waals surface area contributed by atoms with Gasteiger partial charge < -0.3 is 15.5 Å². The van der Waals surface area contributed by atoms with Crippen molar-refractivity contribution in [3.63, 3.8) is 0 Å². The summed E-state index contributed by atoms with van der Waals surface area (Å²) < 4.78 is 19.8. The summed E-state index contributed by atoms with van der Waals surface area (Å²) >= 11 is 0. The van der Waals surface area contributed by atoms with E-state index in [0.29, 0.717) is 27.9 Å². The average molecular weight is 311 g/mol. The van der Waals surface area contributed by atoms with Gasteiger partial charge in [0.1, 0.15) is 11.6 Å². The van der Waals surface area contributed by atoms with Crippen molar-refractivity contribution < 1.29 is 14.2 Å². The Morgan fingerprint density at radius 1 is 1.26 bits per heavy atom. The highest BCUT2D eigenvalue weighted by molar-refractivity contribution is 6.64. The van der Waals surface area contributed by atoms with Crippen molar-refractivity contribution in [1.29, 1.82) is 0 Å². The van der Waals surface area contributed by atoms with Gasteiger partial charge in [-0.1, -0.05) is 19.0 Å². The van der Waals surface area contributed by atoms with Gasteiger partial charge in [0.25, 0.3) is 0 Å². The van der Waals surface area contributed by atoms with Crippen LogP contribution in [-0.4, -0.2) is 29.2 Å². The summed E-state index contributed by atoms with van der Waals surface area (Å²) in [7, 11) is 1.54. The van der Waals surface area contributed by atoms with E-state index in [4.69, 9.17) is 10.5 Å². The van der Waals surface area contributed by atoms with Gasteiger partial charge >= 0.3 is 6.92 Å². The van der Waals surface area contributed by atoms with E-state index in [0.717, 1.165) is 0 Å². The zero-order valence-corrected chi connectivity index (χ0v) is 12.7. The van der Waals surface area contributed by atoms with Gasteiger partial charge in [-0.3, -0.25) is 0 Å². The van der Waals surface area contributed by atoms with Crippen molar-refractivity contribution in [2.24, 2.45) is 0 Å². The van der Waals surface area contributed by atoms with Crippen LogP contribution in [0.15, 0.2) is 36.5 Å². The lowest BCUT2D eigenvalue weighted by molar-refractivity contribution is 0.416. The van der Waals surface area contributed by atoms with E-state index in [1.54, 1.807) is 31.1 Å². The summed E-state index contributed by atoms with van der Waals surface area (Å²) in [6, 6.07) is 8.35. The van der Waals surface area contributed by atoms with E-state index in [1.165, 1.54) is 19.4 Å². The number of halogens is 1. The summed E-state index contributed by atoms with van der Waals surface area (Å²) in [4.78, 5) is 0. The lowest BCUT2D eigenvalue weighted by Gasteiger charge is -2.13. The summed E-state index contributed by atoms with van der Waals surface area (Å²) in [5.74, 6) is 0.0967. The number of ether oxygens (including phenoxy) is 1. The highest BCUT2D eigenvalue weighted by Gasteiger charge is 2.15. The van der Waals surface area contributed by atoms with Gasteiger partial charge in [-0.05, 0) is 29.2 Å². The predicted molar refractivity (Wildman–Crippen MR) is 89.4 cm³/mol. The zero-order valence-electron chi connectivity index (χ0n) is 12.7. The molecule has 1 heterocycles. The number of hydrogen-bond acceptors (Lipinski definition) is 5. The molecule has 0 bridgehead atoms. The fourth-order valence-corrected chi connectivity index (χ4v) is 2.54. The van der Waals surface area contributed by atoms with Gasteiger partial charge in [0.2, 0.25) is 0 Å². The maximum Gasteiger partial charge on any atom is 0.320 e. The van der Waals surface area contributed by atoms with Gasteiger partial charge in [-0.15, -0.1) is 0 Å². The van der Waals surface area contributed by atoms with E-state index in [1.807, 2.05) is 0 Å². The minimum atomic E-state index is -0.639. The van der Waals surface area contributed by atoms with Crippen LogP contribution < -0.4 is 15.9 Å². The molecule has 0 amide bonds. The third-order valence-corrected chi connectivity index (χ3v) is 3.74. The van der Waals surface area contributed by atoms with Gasteiger partial charge in [0.15, 0.2) is 0 Å². The average Bonchev–Trinajstić information content (AvgIpc) is 2.53. The number of aromatic nitrogens is 2. The number of methoxy groups -OCH3 is 1. The van der Waals surface area contributed by atoms with Crippen LogP contribution in [0.2, 0.25) is 6.82 Å². The normalized spacial score (nSPS) is 10.8. The van der Waals surface area contributed by atoms with E-state index >= 15 is 0 Å². The standard InChI is InChI=1S/C16H15BFN3O2/c1-17(22)10-3-4-15(23-2)11(7-10)9-5-12(18)16-13(19)8-20-21-14(16)6-9/h3-8,22H,1-2H3,(H2,19,21). The minimum Gasteiger partial charge on any atom is -0.496 e. The fraction of sp³-hybridized carbons (Fsp3) is 0.125. The van der Waals surface area contributed by atoms with Crippen LogP contribution in [0.1, 0.15) is 0 Å². The Balaban J connectivity index is 2.26. The van der Waals surface area contributed by atoms with E-state index in [9.17, 15) is 9.41 Å². The molecule has 0 spiro atoms. The maximum absolute atomic E-state index is 14.4. The van der Waals surface area contributed by atoms with Gasteiger partial charge in [-0.2, -0.15) is 10.2 Å². The molecule has 0 unspecified atom stereocenters. The number of nitrogens with two attached hydrogens (primary N) is 1. The molecule has 1 aromatic heterocycles. The molecule has 7 heteroatoms. The molecule has 2 aromatic carbocycles. The molecule has 0 aliphatic carbocycles. The number of fused-ring (bicyclic) bond motifs is 1. The van der Waals surface area contributed by atoms with Crippen molar-refractivity contribution >= 4 is 29.0 Å². The number of hydrogen-bond donors (Lipinski definition) is 2. The largest absolute Gasteiger partial charge is 0.496 e. The number of rotatable bonds is 3. The molecule has 0 fully saturated rings. The topological polar surface area (TPSA) is 81.3 Å². The van der Waals surface area contributed by atoms with Crippen LogP contribution >= 0.6 is 0 Å². The van der Waals surface area contributed by atoms with Gasteiger partial charge in [0.05, 0.1) is 29.9 Å². The third kappa shape index (κ3) is 2.71. The zero-order chi connectivity index (χ0) is 16.6. The number of anilines is 1. The molecule has 3 rings (SSSR count). The van der Waals surface area contributed by atoms with E-state index in [2.05, 4.69) is 10.2 Å². The van der Waals surface area contributed by atoms with Crippen molar-refractivity contribution in [2.45, 2.75) is 6.82 Å². The number of nitrogen functional groups attached to an aromatic ring is 1. The quantitative estimate of drug-likeness (QED) is 0.722. The Bertz CT molecular complexity index is 887. The predicted octanol–water partition coefficient (Wildman–Crippen LogP) is 1.85. The monoisotopic (exact) mass is 311 g/mol. The third-order valence-electron chi connectivity index (χ3n) is 3.74. The van der Waals surface area contributed by atoms with Crippen LogP contribution in [0.5, 0.6) is 5.75 Å². The smallest absolute Gasteiger partial charge is 0.320 e. The van der Waals surface area contributed by atoms with Crippen LogP contribution in [-0.2, 0) is 0 Å². The Morgan fingerprint density at radius 3 is 2.74 bits per heavy atom. The Hall–Kier alpha value is -2.67. The Kier molecular flexibility index (Phi) is 3.88. The molecule has 3 N–H and O–H groups in total. The van der Waals surface area contributed by atoms with Crippen LogP contribution in [0.4, 0.5) is 10.1 Å². The number of benzene rings is 2. The van der Waals surface area contributed by atoms with Crippen molar-refractivity contribution in [1.82, 2.24) is 10.2 Å². The first-order chi connectivity index (χ1) is 11.0. The summed E-state index contributed by atoms with van der Waals surface area (Å²) in [5.41, 5.74) is 8.32. The molecule has 116 valence electrons. The highest BCUT2D eigenvalue weighted by Crippen LogP contribution is 2.33. The van der Waals surface area contributed by atoms with Crippen molar-refractivity contribution in [3.8, 4) is 16.9 Å². The molecule has 0 aliphatic heterocycles. The van der Waals surface area contributed by atoms with E-state index in [-0.39, 0.29) is 11.1 Å². The second-order valence-electron chi connectivity index (χ2n) is 5.29. The van der Waals surface area contributed by atoms with E-state index < -0.39 is 12.7 Å². The molecular weight excluding hydrogens is 296 g/mol. The van der Waals surface area contributed by atoms with Crippen molar-refractivity contribution in [2.75, 3.05) is 12.8 Å². The first-order valence-electron chi connectivity index (χ1n) is 7.08. The van der Waals surface area contributed by atoms with Crippen LogP contribution in [0, 0.1) is 5.82 Å². The van der Waals surface area contributed by atoms with Crippen LogP contribution in [0.25, 0.3) is 22.0 Å². The second kappa shape index (κ2) is 5.85. The van der Waals surface area contributed by atoms with Crippen LogP contribution in [0.3, 0.4) is 0 Å². The lowest BCUT2D eigenvalue weighted by atomic mass is 9.64.